The summed E-state index contributed by atoms with van der Waals surface area (Å²) in [7, 11) is 0. The molecule has 5 aliphatic rings. The summed E-state index contributed by atoms with van der Waals surface area (Å²) in [5.41, 5.74) is 24.5. The Morgan fingerprint density at radius 1 is 0.429 bits per heavy atom. The van der Waals surface area contributed by atoms with Crippen LogP contribution in [0.4, 0.5) is 51.2 Å². The van der Waals surface area contributed by atoms with Crippen LogP contribution in [0, 0.1) is 0 Å². The first-order chi connectivity index (χ1) is 36.3. The van der Waals surface area contributed by atoms with Crippen molar-refractivity contribution in [1.29, 1.82) is 0 Å². The Morgan fingerprint density at radius 3 is 1.36 bits per heavy atom. The largest absolute Gasteiger partial charge is 0.311 e. The molecule has 0 fully saturated rings. The first-order valence-corrected chi connectivity index (χ1v) is 29.8. The number of rotatable bonds is 5. The first-order valence-electron chi connectivity index (χ1n) is 29.0. The van der Waals surface area contributed by atoms with Crippen molar-refractivity contribution in [2.24, 2.45) is 0 Å². The number of anilines is 9. The van der Waals surface area contributed by atoms with Crippen LogP contribution in [0.15, 0.2) is 140 Å². The van der Waals surface area contributed by atoms with Crippen molar-refractivity contribution in [3.05, 3.63) is 178 Å². The lowest BCUT2D eigenvalue weighted by Gasteiger charge is -2.48. The molecule has 0 amide bonds. The SMILES string of the molecule is CC(C)(C)c1ccc2sc3c(c2c1)N(c1ccc2c(c1)C(C)(C)CCC2(C)C)c1cc(N(c2ccccc2)c2ccccc2)cc2c1B3c1cc3c(cc1N2c1ccc2c(c1)C(C)(C)CCC2(C)C)C(C)(C)CCC3(C)C. The minimum atomic E-state index is -0.0257. The number of benzene rings is 7. The van der Waals surface area contributed by atoms with Gasteiger partial charge in [-0.25, -0.2) is 0 Å². The summed E-state index contributed by atoms with van der Waals surface area (Å²) < 4.78 is 2.79. The Labute approximate surface area is 465 Å². The Kier molecular flexibility index (Phi) is 11.0. The van der Waals surface area contributed by atoms with Gasteiger partial charge in [-0.2, -0.15) is 0 Å². The zero-order chi connectivity index (χ0) is 54.1. The fraction of sp³-hybridized carbons (Fsp3) is 0.389. The maximum Gasteiger partial charge on any atom is 0.264 e. The summed E-state index contributed by atoms with van der Waals surface area (Å²) in [6.45, 7) is 36.9. The quantitative estimate of drug-likeness (QED) is 0.159. The highest BCUT2D eigenvalue weighted by atomic mass is 32.1. The van der Waals surface area contributed by atoms with Gasteiger partial charge in [-0.05, 0) is 205 Å². The van der Waals surface area contributed by atoms with E-state index in [0.29, 0.717) is 0 Å². The van der Waals surface area contributed by atoms with Gasteiger partial charge in [0, 0.05) is 54.7 Å². The average molecular weight is 1030 g/mol. The molecule has 0 N–H and O–H groups in total. The van der Waals surface area contributed by atoms with Crippen LogP contribution >= 0.6 is 11.3 Å². The molecule has 392 valence electrons. The molecule has 0 spiro atoms. The molecular weight excluding hydrogens is 950 g/mol. The highest BCUT2D eigenvalue weighted by Crippen LogP contribution is 2.56. The lowest BCUT2D eigenvalue weighted by Crippen LogP contribution is -2.61. The Balaban J connectivity index is 1.21. The van der Waals surface area contributed by atoms with Gasteiger partial charge in [-0.1, -0.05) is 165 Å². The minimum absolute atomic E-state index is 0.00363. The van der Waals surface area contributed by atoms with E-state index in [1.807, 2.05) is 11.3 Å². The van der Waals surface area contributed by atoms with Gasteiger partial charge in [0.15, 0.2) is 0 Å². The average Bonchev–Trinajstić information content (AvgIpc) is 3.95. The highest BCUT2D eigenvalue weighted by molar-refractivity contribution is 7.33. The third-order valence-corrected chi connectivity index (χ3v) is 21.2. The van der Waals surface area contributed by atoms with E-state index >= 15 is 0 Å². The Morgan fingerprint density at radius 2 is 0.870 bits per heavy atom. The molecule has 5 heteroatoms. The molecule has 7 aromatic carbocycles. The third kappa shape index (κ3) is 7.77. The molecule has 0 unspecified atom stereocenters. The van der Waals surface area contributed by atoms with Crippen molar-refractivity contribution in [2.45, 2.75) is 180 Å². The van der Waals surface area contributed by atoms with Crippen LogP contribution in [0.1, 0.15) is 181 Å². The van der Waals surface area contributed by atoms with Gasteiger partial charge in [0.25, 0.3) is 6.71 Å². The highest BCUT2D eigenvalue weighted by Gasteiger charge is 2.49. The predicted octanol–water partition coefficient (Wildman–Crippen LogP) is 18.8. The molecule has 0 saturated carbocycles. The van der Waals surface area contributed by atoms with E-state index in [2.05, 4.69) is 258 Å². The predicted molar refractivity (Wildman–Crippen MR) is 335 cm³/mol. The second-order valence-corrected chi connectivity index (χ2v) is 30.1. The molecule has 0 radical (unpaired) electrons. The van der Waals surface area contributed by atoms with Crippen LogP contribution < -0.4 is 30.4 Å². The monoisotopic (exact) mass is 1030 g/mol. The number of hydrogen-bond acceptors (Lipinski definition) is 4. The molecule has 0 atom stereocenters. The van der Waals surface area contributed by atoms with Gasteiger partial charge in [0.05, 0.1) is 11.4 Å². The summed E-state index contributed by atoms with van der Waals surface area (Å²) >= 11 is 2.03. The molecule has 0 saturated heterocycles. The molecule has 3 aliphatic carbocycles. The van der Waals surface area contributed by atoms with E-state index in [9.17, 15) is 0 Å². The lowest BCUT2D eigenvalue weighted by atomic mass is 9.35. The topological polar surface area (TPSA) is 9.72 Å². The van der Waals surface area contributed by atoms with E-state index in [1.165, 1.54) is 118 Å². The van der Waals surface area contributed by atoms with Crippen molar-refractivity contribution < 1.29 is 0 Å². The molecule has 3 heterocycles. The van der Waals surface area contributed by atoms with E-state index in [-0.39, 0.29) is 44.6 Å². The molecule has 8 aromatic rings. The summed E-state index contributed by atoms with van der Waals surface area (Å²) in [6.07, 6.45) is 7.01. The fourth-order valence-electron chi connectivity index (χ4n) is 14.7. The van der Waals surface area contributed by atoms with Crippen LogP contribution in [0.5, 0.6) is 0 Å². The van der Waals surface area contributed by atoms with Crippen LogP contribution in [0.3, 0.4) is 0 Å². The van der Waals surface area contributed by atoms with Gasteiger partial charge in [-0.15, -0.1) is 11.3 Å². The van der Waals surface area contributed by atoms with Crippen LogP contribution in [-0.4, -0.2) is 6.71 Å². The van der Waals surface area contributed by atoms with Gasteiger partial charge in [0.2, 0.25) is 0 Å². The molecule has 0 bridgehead atoms. The number of nitrogens with zero attached hydrogens (tertiary/aromatic N) is 3. The van der Waals surface area contributed by atoms with Crippen molar-refractivity contribution >= 4 is 95.0 Å². The van der Waals surface area contributed by atoms with Gasteiger partial charge >= 0.3 is 0 Å². The minimum Gasteiger partial charge on any atom is -0.311 e. The fourth-order valence-corrected chi connectivity index (χ4v) is 16.0. The van der Waals surface area contributed by atoms with E-state index < -0.39 is 0 Å². The van der Waals surface area contributed by atoms with Crippen molar-refractivity contribution in [2.75, 3.05) is 14.7 Å². The van der Waals surface area contributed by atoms with Gasteiger partial charge < -0.3 is 14.7 Å². The third-order valence-electron chi connectivity index (χ3n) is 20.0. The molecule has 3 nitrogen and oxygen atoms in total. The Bertz CT molecular complexity index is 3670. The number of thiophene rings is 1. The second-order valence-electron chi connectivity index (χ2n) is 29.0. The van der Waals surface area contributed by atoms with Gasteiger partial charge in [-0.3, -0.25) is 0 Å². The standard InChI is InChI=1S/C72H80BN3S/c1-66(2,3)45-26-31-62-51(38-45)64-65(77-62)73-58-43-56-57(72(14,15)37-36-71(56,12)13)44-59(58)75(48-27-29-52-54(39-48)69(8,9)34-32-67(52,4)5)60-41-50(74(46-22-18-16-19-23-46)47-24-20-17-21-25-47)42-61(63(60)73)76(64)49-28-30-53-55(40-49)70(10,11)35-33-68(53,6)7/h16-31,38-44H,32-37H2,1-15H3. The van der Waals surface area contributed by atoms with Crippen molar-refractivity contribution in [1.82, 2.24) is 0 Å². The number of para-hydroxylation sites is 2. The smallest absolute Gasteiger partial charge is 0.264 e. The van der Waals surface area contributed by atoms with E-state index in [1.54, 1.807) is 0 Å². The molecule has 13 rings (SSSR count). The second kappa shape index (κ2) is 16.7. The van der Waals surface area contributed by atoms with Crippen LogP contribution in [0.2, 0.25) is 0 Å². The molecule has 1 aromatic heterocycles. The zero-order valence-corrected chi connectivity index (χ0v) is 49.7. The molecular formula is C72H80BN3S. The lowest BCUT2D eigenvalue weighted by molar-refractivity contribution is 0.332. The van der Waals surface area contributed by atoms with E-state index in [4.69, 9.17) is 0 Å². The maximum atomic E-state index is 2.75. The normalized spacial score (nSPS) is 19.6. The Hall–Kier alpha value is -6.04. The number of fused-ring (bicyclic) bond motifs is 9. The maximum absolute atomic E-state index is 2.75. The van der Waals surface area contributed by atoms with Crippen molar-refractivity contribution in [3.63, 3.8) is 0 Å². The summed E-state index contributed by atoms with van der Waals surface area (Å²) in [5, 5.41) is 1.35. The molecule has 77 heavy (non-hydrogen) atoms. The van der Waals surface area contributed by atoms with Gasteiger partial charge in [0.1, 0.15) is 0 Å². The first kappa shape index (κ1) is 50.5. The van der Waals surface area contributed by atoms with Crippen LogP contribution in [-0.2, 0) is 37.9 Å². The molecule has 2 aliphatic heterocycles. The summed E-state index contributed by atoms with van der Waals surface area (Å²) in [4.78, 5) is 8.00. The summed E-state index contributed by atoms with van der Waals surface area (Å²) in [6, 6.07) is 55.4. The van der Waals surface area contributed by atoms with E-state index in [0.717, 1.165) is 36.3 Å². The van der Waals surface area contributed by atoms with Crippen LogP contribution in [0.25, 0.3) is 10.1 Å². The number of hydrogen-bond donors (Lipinski definition) is 0. The van der Waals surface area contributed by atoms with Crippen molar-refractivity contribution in [3.8, 4) is 0 Å². The zero-order valence-electron chi connectivity index (χ0n) is 48.8. The summed E-state index contributed by atoms with van der Waals surface area (Å²) in [5.74, 6) is 0.